The standard InChI is InChI=1S/C17H19N2.C15H15N2.C10H13N2/c1-12-6-5-7-13(2)17(12)19-9-8-15-10-14(3)18(4)16(15)11-19;1-12-10-13-8-9-17(11-15(13)16(12)2)14-6-4-3-5-7-14;1-8-6-9-4-5-11(2)7-10(9)12(8)3/h5-11H,1-4H3;3-11H,1-2H3;4-7H,1-3H3/q3*+1. The Balaban J connectivity index is 0.000000129. The predicted molar refractivity (Wildman–Crippen MR) is 197 cm³/mol. The lowest BCUT2D eigenvalue weighted by Gasteiger charge is -2.04. The van der Waals surface area contributed by atoms with Crippen molar-refractivity contribution in [2.45, 2.75) is 34.6 Å². The highest BCUT2D eigenvalue weighted by Gasteiger charge is 2.15. The van der Waals surface area contributed by atoms with Gasteiger partial charge in [-0.25, -0.2) is 4.57 Å². The Morgan fingerprint density at radius 1 is 0.458 bits per heavy atom. The van der Waals surface area contributed by atoms with Gasteiger partial charge >= 0.3 is 0 Å². The number of benzene rings is 2. The molecule has 6 nitrogen and oxygen atoms in total. The molecule has 0 amide bonds. The predicted octanol–water partition coefficient (Wildman–Crippen LogP) is 7.45. The van der Waals surface area contributed by atoms with Gasteiger partial charge in [-0.1, -0.05) is 36.4 Å². The fourth-order valence-corrected chi connectivity index (χ4v) is 6.44. The molecule has 0 saturated carbocycles. The van der Waals surface area contributed by atoms with Crippen LogP contribution in [0.2, 0.25) is 0 Å². The van der Waals surface area contributed by atoms with Crippen LogP contribution >= 0.6 is 0 Å². The van der Waals surface area contributed by atoms with Gasteiger partial charge < -0.3 is 13.7 Å². The summed E-state index contributed by atoms with van der Waals surface area (Å²) in [5.41, 5.74) is 12.8. The fourth-order valence-electron chi connectivity index (χ4n) is 6.44. The molecule has 0 bridgehead atoms. The molecule has 6 aromatic heterocycles. The Bertz CT molecular complexity index is 2370. The maximum absolute atomic E-state index is 2.24. The molecule has 242 valence electrons. The molecule has 0 saturated heterocycles. The van der Waals surface area contributed by atoms with Crippen LogP contribution in [0.3, 0.4) is 0 Å². The third kappa shape index (κ3) is 6.39. The average Bonchev–Trinajstić information content (AvgIpc) is 3.65. The van der Waals surface area contributed by atoms with E-state index in [2.05, 4.69) is 199 Å². The number of aromatic nitrogens is 6. The van der Waals surface area contributed by atoms with E-state index in [1.165, 1.54) is 72.3 Å². The number of rotatable bonds is 2. The first-order chi connectivity index (χ1) is 23.0. The summed E-state index contributed by atoms with van der Waals surface area (Å²) < 4.78 is 13.1. The van der Waals surface area contributed by atoms with Gasteiger partial charge in [0.2, 0.25) is 11.4 Å². The van der Waals surface area contributed by atoms with Crippen LogP contribution < -0.4 is 13.7 Å². The molecular formula is C42H47N6+3. The zero-order chi connectivity index (χ0) is 34.1. The fraction of sp³-hybridized carbons (Fsp3) is 0.214. The van der Waals surface area contributed by atoms with E-state index < -0.39 is 0 Å². The smallest absolute Gasteiger partial charge is 0.216 e. The van der Waals surface area contributed by atoms with Gasteiger partial charge in [0, 0.05) is 95.8 Å². The van der Waals surface area contributed by atoms with Gasteiger partial charge in [0.05, 0.1) is 0 Å². The average molecular weight is 636 g/mol. The lowest BCUT2D eigenvalue weighted by molar-refractivity contribution is -0.670. The van der Waals surface area contributed by atoms with Gasteiger partial charge in [0.15, 0.2) is 37.2 Å². The lowest BCUT2D eigenvalue weighted by atomic mass is 10.1. The first-order valence-electron chi connectivity index (χ1n) is 16.5. The molecule has 0 aliphatic rings. The first kappa shape index (κ1) is 32.5. The lowest BCUT2D eigenvalue weighted by Crippen LogP contribution is -2.31. The van der Waals surface area contributed by atoms with E-state index in [-0.39, 0.29) is 0 Å². The number of hydrogen-bond donors (Lipinski definition) is 0. The van der Waals surface area contributed by atoms with Crippen molar-refractivity contribution < 1.29 is 13.7 Å². The molecule has 6 heterocycles. The summed E-state index contributed by atoms with van der Waals surface area (Å²) in [4.78, 5) is 0. The normalized spacial score (nSPS) is 11.0. The van der Waals surface area contributed by atoms with Crippen molar-refractivity contribution in [1.29, 1.82) is 0 Å². The van der Waals surface area contributed by atoms with Crippen LogP contribution in [0.25, 0.3) is 44.1 Å². The molecule has 0 radical (unpaired) electrons. The monoisotopic (exact) mass is 635 g/mol. The number of aryl methyl sites for hydroxylation is 9. The summed E-state index contributed by atoms with van der Waals surface area (Å²) >= 11 is 0. The van der Waals surface area contributed by atoms with Crippen molar-refractivity contribution in [2.24, 2.45) is 28.2 Å². The van der Waals surface area contributed by atoms with Gasteiger partial charge in [-0.15, -0.1) is 0 Å². The second-order valence-electron chi connectivity index (χ2n) is 12.9. The van der Waals surface area contributed by atoms with Crippen molar-refractivity contribution in [1.82, 2.24) is 13.7 Å². The largest absolute Gasteiger partial charge is 0.343 e. The molecule has 0 N–H and O–H groups in total. The summed E-state index contributed by atoms with van der Waals surface area (Å²) in [6.07, 6.45) is 12.9. The second kappa shape index (κ2) is 13.3. The Morgan fingerprint density at radius 3 is 1.42 bits per heavy atom. The van der Waals surface area contributed by atoms with Gasteiger partial charge in [0.25, 0.3) is 0 Å². The van der Waals surface area contributed by atoms with Crippen LogP contribution in [0, 0.1) is 34.6 Å². The van der Waals surface area contributed by atoms with E-state index >= 15 is 0 Å². The molecule has 6 heteroatoms. The van der Waals surface area contributed by atoms with Crippen molar-refractivity contribution in [3.63, 3.8) is 0 Å². The molecule has 0 aliphatic carbocycles. The molecule has 48 heavy (non-hydrogen) atoms. The number of fused-ring (bicyclic) bond motifs is 3. The minimum Gasteiger partial charge on any atom is -0.343 e. The van der Waals surface area contributed by atoms with E-state index in [0.29, 0.717) is 0 Å². The van der Waals surface area contributed by atoms with Crippen LogP contribution in [0.15, 0.2) is 122 Å². The van der Waals surface area contributed by atoms with Crippen LogP contribution in [0.5, 0.6) is 0 Å². The molecule has 2 aromatic carbocycles. The zero-order valence-electron chi connectivity index (χ0n) is 29.7. The van der Waals surface area contributed by atoms with Crippen LogP contribution in [-0.2, 0) is 28.2 Å². The Hall–Kier alpha value is -5.49. The Kier molecular flexibility index (Phi) is 9.01. The van der Waals surface area contributed by atoms with Gasteiger partial charge in [-0.2, -0.15) is 9.13 Å². The molecular weight excluding hydrogens is 589 g/mol. The maximum Gasteiger partial charge on any atom is 0.216 e. The van der Waals surface area contributed by atoms with E-state index in [1.54, 1.807) is 0 Å². The van der Waals surface area contributed by atoms with Gasteiger partial charge in [0.1, 0.15) is 23.6 Å². The topological polar surface area (TPSA) is 26.4 Å². The zero-order valence-corrected chi connectivity index (χ0v) is 29.7. The highest BCUT2D eigenvalue weighted by Crippen LogP contribution is 2.19. The maximum atomic E-state index is 2.24. The third-order valence-electron chi connectivity index (χ3n) is 9.57. The minimum absolute atomic E-state index is 1.19. The highest BCUT2D eigenvalue weighted by atomic mass is 15.0. The number of para-hydroxylation sites is 2. The molecule has 0 unspecified atom stereocenters. The van der Waals surface area contributed by atoms with Crippen molar-refractivity contribution in [3.8, 4) is 11.4 Å². The molecule has 0 spiro atoms. The molecule has 0 fully saturated rings. The molecule has 0 atom stereocenters. The van der Waals surface area contributed by atoms with Crippen molar-refractivity contribution in [2.75, 3.05) is 0 Å². The second-order valence-corrected chi connectivity index (χ2v) is 12.9. The molecule has 8 aromatic rings. The van der Waals surface area contributed by atoms with E-state index in [4.69, 9.17) is 0 Å². The number of hydrogen-bond acceptors (Lipinski definition) is 0. The quantitative estimate of drug-likeness (QED) is 0.177. The van der Waals surface area contributed by atoms with Crippen LogP contribution in [0.1, 0.15) is 28.2 Å². The van der Waals surface area contributed by atoms with E-state index in [1.807, 2.05) is 13.1 Å². The van der Waals surface area contributed by atoms with Crippen molar-refractivity contribution in [3.05, 3.63) is 150 Å². The van der Waals surface area contributed by atoms with E-state index in [0.717, 1.165) is 0 Å². The summed E-state index contributed by atoms with van der Waals surface area (Å²) in [6.45, 7) is 10.7. The van der Waals surface area contributed by atoms with Gasteiger partial charge in [-0.3, -0.25) is 0 Å². The summed E-state index contributed by atoms with van der Waals surface area (Å²) in [5, 5.41) is 3.90. The Labute approximate surface area is 284 Å². The third-order valence-corrected chi connectivity index (χ3v) is 9.57. The van der Waals surface area contributed by atoms with Crippen LogP contribution in [0.4, 0.5) is 0 Å². The van der Waals surface area contributed by atoms with Crippen LogP contribution in [-0.4, -0.2) is 13.7 Å². The number of nitrogens with zero attached hydrogens (tertiary/aromatic N) is 6. The minimum atomic E-state index is 1.19. The highest BCUT2D eigenvalue weighted by molar-refractivity contribution is 5.80. The summed E-state index contributed by atoms with van der Waals surface area (Å²) in [6, 6.07) is 30.0. The Morgan fingerprint density at radius 2 is 0.896 bits per heavy atom. The first-order valence-corrected chi connectivity index (χ1v) is 16.5. The van der Waals surface area contributed by atoms with E-state index in [9.17, 15) is 0 Å². The van der Waals surface area contributed by atoms with Gasteiger partial charge in [-0.05, 0) is 52.8 Å². The molecule has 8 rings (SSSR count). The molecule has 0 aliphatic heterocycles. The van der Waals surface area contributed by atoms with Crippen molar-refractivity contribution >= 4 is 32.7 Å². The summed E-state index contributed by atoms with van der Waals surface area (Å²) in [7, 11) is 8.36. The number of pyridine rings is 3. The summed E-state index contributed by atoms with van der Waals surface area (Å²) in [5.74, 6) is 0. The SMILES string of the molecule is Cc1cc2cc[n+](-c3ccccc3)cc2n1C.Cc1cc2cc[n+](C)cc2n1C.Cc1cccc(C)c1-[n+]1ccc2cc(C)n(C)c2c1.